The first-order valence-corrected chi connectivity index (χ1v) is 12.9. The molecule has 4 aromatic carbocycles. The molecule has 0 fully saturated rings. The Kier molecular flexibility index (Phi) is 6.32. The minimum absolute atomic E-state index is 0.460. The van der Waals surface area contributed by atoms with E-state index in [0.717, 1.165) is 16.7 Å². The molecule has 3 nitrogen and oxygen atoms in total. The quantitative estimate of drug-likeness (QED) is 0.250. The van der Waals surface area contributed by atoms with Crippen molar-refractivity contribution < 1.29 is 15.3 Å². The first-order valence-electron chi connectivity index (χ1n) is 11.3. The Labute approximate surface area is 221 Å². The van der Waals surface area contributed by atoms with Crippen molar-refractivity contribution >= 4 is 43.0 Å². The Morgan fingerprint density at radius 1 is 0.514 bits per heavy atom. The predicted molar refractivity (Wildman–Crippen MR) is 147 cm³/mol. The fourth-order valence-electron chi connectivity index (χ4n) is 5.23. The van der Waals surface area contributed by atoms with E-state index < -0.39 is 20.5 Å². The van der Waals surface area contributed by atoms with Crippen molar-refractivity contribution in [3.8, 4) is 0 Å². The summed E-state index contributed by atoms with van der Waals surface area (Å²) in [6.07, 6.45) is -1.49. The first kappa shape index (κ1) is 24.2. The Morgan fingerprint density at radius 3 is 1.26 bits per heavy atom. The van der Waals surface area contributed by atoms with Gasteiger partial charge in [-0.15, -0.1) is 0 Å². The van der Waals surface area contributed by atoms with Crippen LogP contribution in [0.3, 0.4) is 0 Å². The molecule has 176 valence electrons. The lowest BCUT2D eigenvalue weighted by molar-refractivity contribution is -0.0903. The maximum Gasteiger partial charge on any atom is 0.190 e. The maximum atomic E-state index is 12.2. The maximum absolute atomic E-state index is 12.2. The number of hydrogen-bond acceptors (Lipinski definition) is 3. The summed E-state index contributed by atoms with van der Waals surface area (Å²) in [6.45, 7) is 0. The highest BCUT2D eigenvalue weighted by molar-refractivity contribution is 9.13. The monoisotopic (exact) mass is 590 g/mol. The average Bonchev–Trinajstić information content (AvgIpc) is 2.90. The molecule has 0 bridgehead atoms. The van der Waals surface area contributed by atoms with Crippen LogP contribution in [0, 0.1) is 0 Å². The summed E-state index contributed by atoms with van der Waals surface area (Å²) in [5.41, 5.74) is 3.01. The number of hydrogen-bond donors (Lipinski definition) is 3. The summed E-state index contributed by atoms with van der Waals surface area (Å²) in [5.74, 6) is 0. The van der Waals surface area contributed by atoms with Crippen LogP contribution in [0.5, 0.6) is 0 Å². The molecule has 0 saturated heterocycles. The van der Waals surface area contributed by atoms with Gasteiger partial charge in [-0.25, -0.2) is 0 Å². The van der Waals surface area contributed by atoms with Gasteiger partial charge in [0.1, 0.15) is 6.10 Å². The highest BCUT2D eigenvalue weighted by atomic mass is 79.9. The second-order valence-corrected chi connectivity index (χ2v) is 11.1. The number of aliphatic hydroxyl groups is 3. The Balaban J connectivity index is 2.06. The van der Waals surface area contributed by atoms with Crippen molar-refractivity contribution in [1.82, 2.24) is 0 Å². The average molecular weight is 592 g/mol. The number of rotatable bonds is 4. The van der Waals surface area contributed by atoms with Crippen molar-refractivity contribution in [2.45, 2.75) is 20.5 Å². The molecule has 1 aliphatic rings. The molecule has 0 saturated carbocycles. The molecule has 0 amide bonds. The number of halogens is 2. The Bertz CT molecular complexity index is 1300. The van der Waals surface area contributed by atoms with Gasteiger partial charge >= 0.3 is 0 Å². The summed E-state index contributed by atoms with van der Waals surface area (Å²) in [6, 6.07) is 38.5. The third-order valence-corrected chi connectivity index (χ3v) is 9.34. The molecule has 1 aliphatic carbocycles. The van der Waals surface area contributed by atoms with Crippen LogP contribution < -0.4 is 0 Å². The van der Waals surface area contributed by atoms with Gasteiger partial charge in [0.2, 0.25) is 0 Å². The van der Waals surface area contributed by atoms with Gasteiger partial charge in [0.25, 0.3) is 0 Å². The lowest BCUT2D eigenvalue weighted by Gasteiger charge is -2.55. The van der Waals surface area contributed by atoms with E-state index in [2.05, 4.69) is 31.9 Å². The van der Waals surface area contributed by atoms with Crippen LogP contribution in [0.25, 0.3) is 11.1 Å². The van der Waals surface area contributed by atoms with Crippen LogP contribution >= 0.6 is 31.9 Å². The highest BCUT2D eigenvalue weighted by Crippen LogP contribution is 2.63. The van der Waals surface area contributed by atoms with Gasteiger partial charge in [0, 0.05) is 5.57 Å². The number of benzene rings is 4. The molecule has 0 heterocycles. The molecule has 5 heteroatoms. The molecule has 0 aliphatic heterocycles. The molecule has 3 N–H and O–H groups in total. The zero-order chi connectivity index (χ0) is 24.7. The van der Waals surface area contributed by atoms with E-state index >= 15 is 0 Å². The summed E-state index contributed by atoms with van der Waals surface area (Å²) in [5, 5.41) is 36.0. The van der Waals surface area contributed by atoms with Crippen LogP contribution in [0.15, 0.2) is 121 Å². The topological polar surface area (TPSA) is 60.7 Å². The zero-order valence-corrected chi connectivity index (χ0v) is 21.9. The Hall–Kier alpha value is -2.54. The smallest absolute Gasteiger partial charge is 0.190 e. The SMILES string of the molecule is OC1C(c2ccccc2)(c2ccccc2)C(c2ccccc2)=C(c2ccccc2)C(O)(Br)C1(O)Br. The van der Waals surface area contributed by atoms with Crippen LogP contribution in [0.1, 0.15) is 22.3 Å². The van der Waals surface area contributed by atoms with Gasteiger partial charge in [-0.1, -0.05) is 121 Å². The summed E-state index contributed by atoms with van der Waals surface area (Å²) in [4.78, 5) is 0. The van der Waals surface area contributed by atoms with E-state index in [4.69, 9.17) is 0 Å². The van der Waals surface area contributed by atoms with Crippen molar-refractivity contribution in [2.24, 2.45) is 0 Å². The second-order valence-electron chi connectivity index (χ2n) is 8.72. The molecule has 4 aromatic rings. The van der Waals surface area contributed by atoms with Crippen LogP contribution in [0.2, 0.25) is 0 Å². The van der Waals surface area contributed by atoms with Gasteiger partial charge in [-0.2, -0.15) is 0 Å². The highest BCUT2D eigenvalue weighted by Gasteiger charge is 2.67. The van der Waals surface area contributed by atoms with Crippen molar-refractivity contribution in [2.75, 3.05) is 0 Å². The molecule has 5 rings (SSSR count). The largest absolute Gasteiger partial charge is 0.387 e. The van der Waals surface area contributed by atoms with E-state index in [-0.39, 0.29) is 0 Å². The zero-order valence-electron chi connectivity index (χ0n) is 18.7. The van der Waals surface area contributed by atoms with Crippen LogP contribution in [-0.2, 0) is 5.41 Å². The second kappa shape index (κ2) is 9.16. The number of aliphatic hydroxyl groups excluding tert-OH is 1. The van der Waals surface area contributed by atoms with Gasteiger partial charge in [-0.05, 0) is 59.7 Å². The lowest BCUT2D eigenvalue weighted by atomic mass is 9.56. The first-order chi connectivity index (χ1) is 16.8. The van der Waals surface area contributed by atoms with Gasteiger partial charge in [0.05, 0.1) is 5.41 Å². The van der Waals surface area contributed by atoms with E-state index in [0.29, 0.717) is 16.7 Å². The Morgan fingerprint density at radius 2 is 0.857 bits per heavy atom. The molecule has 0 radical (unpaired) electrons. The third kappa shape index (κ3) is 3.65. The molecule has 3 unspecified atom stereocenters. The minimum Gasteiger partial charge on any atom is -0.387 e. The predicted octanol–water partition coefficient (Wildman–Crippen LogP) is 6.13. The molecule has 3 atom stereocenters. The van der Waals surface area contributed by atoms with Crippen molar-refractivity contribution in [1.29, 1.82) is 0 Å². The van der Waals surface area contributed by atoms with E-state index in [1.807, 2.05) is 121 Å². The van der Waals surface area contributed by atoms with Gasteiger partial charge in [0.15, 0.2) is 9.02 Å². The van der Waals surface area contributed by atoms with Crippen LogP contribution in [0.4, 0.5) is 0 Å². The van der Waals surface area contributed by atoms with Gasteiger partial charge in [-0.3, -0.25) is 0 Å². The summed E-state index contributed by atoms with van der Waals surface area (Å²) in [7, 11) is 0. The van der Waals surface area contributed by atoms with Crippen LogP contribution in [-0.4, -0.2) is 30.4 Å². The normalized spacial score (nSPS) is 25.9. The third-order valence-electron chi connectivity index (χ3n) is 6.80. The van der Waals surface area contributed by atoms with E-state index in [1.165, 1.54) is 0 Å². The number of alkyl halides is 2. The fourth-order valence-corrected chi connectivity index (χ4v) is 6.42. The summed E-state index contributed by atoms with van der Waals surface area (Å²) >= 11 is 6.79. The molecular formula is C30H24Br2O3. The minimum atomic E-state index is -2.16. The molecule has 35 heavy (non-hydrogen) atoms. The molecule has 0 spiro atoms. The molecule has 0 aromatic heterocycles. The molecular weight excluding hydrogens is 568 g/mol. The van der Waals surface area contributed by atoms with Crippen molar-refractivity contribution in [3.05, 3.63) is 144 Å². The lowest BCUT2D eigenvalue weighted by Crippen LogP contribution is -2.65. The van der Waals surface area contributed by atoms with E-state index in [9.17, 15) is 15.3 Å². The van der Waals surface area contributed by atoms with E-state index in [1.54, 1.807) is 0 Å². The summed E-state index contributed by atoms with van der Waals surface area (Å²) < 4.78 is -4.19. The van der Waals surface area contributed by atoms with Crippen molar-refractivity contribution in [3.63, 3.8) is 0 Å². The fraction of sp³-hybridized carbons (Fsp3) is 0.133. The van der Waals surface area contributed by atoms with Gasteiger partial charge < -0.3 is 15.3 Å². The standard InChI is InChI=1S/C30H24Br2O3/c31-29(34)26(22-15-7-2-8-16-22)25(21-13-5-1-6-14-21)28(27(33)30(29,32)35,23-17-9-3-10-18-23)24-19-11-4-12-20-24/h1-20,27,33-35H.